The van der Waals surface area contributed by atoms with Gasteiger partial charge in [-0.3, -0.25) is 0 Å². The standard InChI is InChI=1S/C17H21NO2S/c1-2-5-14(16-8-4-11-21-16)18-12-13-6-3-7-15-17(13)20-10-9-19-15/h3-4,6-8,11,14,18H,2,5,9-10,12H2,1H3. The lowest BCUT2D eigenvalue weighted by Crippen LogP contribution is -2.22. The second kappa shape index (κ2) is 6.96. The molecule has 1 aromatic heterocycles. The first-order valence-corrected chi connectivity index (χ1v) is 8.40. The molecule has 21 heavy (non-hydrogen) atoms. The number of hydrogen-bond acceptors (Lipinski definition) is 4. The predicted octanol–water partition coefficient (Wildman–Crippen LogP) is 4.15. The number of nitrogens with one attached hydrogen (secondary N) is 1. The van der Waals surface area contributed by atoms with Crippen molar-refractivity contribution in [1.82, 2.24) is 5.32 Å². The molecule has 112 valence electrons. The first-order valence-electron chi connectivity index (χ1n) is 7.52. The third kappa shape index (κ3) is 3.39. The Morgan fingerprint density at radius 1 is 1.19 bits per heavy atom. The quantitative estimate of drug-likeness (QED) is 0.869. The third-order valence-corrected chi connectivity index (χ3v) is 4.64. The molecule has 0 fully saturated rings. The molecule has 1 N–H and O–H groups in total. The van der Waals surface area contributed by atoms with Crippen LogP contribution >= 0.6 is 11.3 Å². The summed E-state index contributed by atoms with van der Waals surface area (Å²) < 4.78 is 11.4. The van der Waals surface area contributed by atoms with E-state index in [0.717, 1.165) is 24.5 Å². The van der Waals surface area contributed by atoms with Crippen LogP contribution in [0.1, 0.15) is 36.2 Å². The molecule has 1 unspecified atom stereocenters. The topological polar surface area (TPSA) is 30.5 Å². The van der Waals surface area contributed by atoms with Gasteiger partial charge in [0.2, 0.25) is 0 Å². The summed E-state index contributed by atoms with van der Waals surface area (Å²) in [4.78, 5) is 1.40. The average Bonchev–Trinajstić information content (AvgIpc) is 3.05. The molecule has 4 heteroatoms. The van der Waals surface area contributed by atoms with E-state index in [9.17, 15) is 0 Å². The van der Waals surface area contributed by atoms with E-state index in [4.69, 9.17) is 9.47 Å². The van der Waals surface area contributed by atoms with E-state index in [1.807, 2.05) is 23.5 Å². The second-order valence-corrected chi connectivity index (χ2v) is 6.16. The highest BCUT2D eigenvalue weighted by Gasteiger charge is 2.17. The Morgan fingerprint density at radius 3 is 2.90 bits per heavy atom. The van der Waals surface area contributed by atoms with Crippen LogP contribution in [0.25, 0.3) is 0 Å². The number of ether oxygens (including phenoxy) is 2. The summed E-state index contributed by atoms with van der Waals surface area (Å²) in [5.41, 5.74) is 1.17. The maximum Gasteiger partial charge on any atom is 0.165 e. The van der Waals surface area contributed by atoms with Crippen LogP contribution in [-0.4, -0.2) is 13.2 Å². The minimum absolute atomic E-state index is 0.412. The molecule has 2 heterocycles. The molecule has 1 aliphatic heterocycles. The van der Waals surface area contributed by atoms with E-state index in [0.29, 0.717) is 19.3 Å². The maximum absolute atomic E-state index is 5.78. The molecule has 1 atom stereocenters. The van der Waals surface area contributed by atoms with Crippen LogP contribution in [0, 0.1) is 0 Å². The summed E-state index contributed by atoms with van der Waals surface area (Å²) in [5, 5.41) is 5.80. The van der Waals surface area contributed by atoms with Crippen LogP contribution in [0.5, 0.6) is 11.5 Å². The fourth-order valence-electron chi connectivity index (χ4n) is 2.63. The van der Waals surface area contributed by atoms with Gasteiger partial charge in [-0.1, -0.05) is 31.5 Å². The Balaban J connectivity index is 1.71. The van der Waals surface area contributed by atoms with Crippen molar-refractivity contribution in [1.29, 1.82) is 0 Å². The Morgan fingerprint density at radius 2 is 2.10 bits per heavy atom. The number of fused-ring (bicyclic) bond motifs is 1. The Bertz CT molecular complexity index is 568. The van der Waals surface area contributed by atoms with E-state index in [-0.39, 0.29) is 0 Å². The normalized spacial score (nSPS) is 14.9. The van der Waals surface area contributed by atoms with Crippen molar-refractivity contribution in [3.63, 3.8) is 0 Å². The van der Waals surface area contributed by atoms with Crippen LogP contribution in [0.3, 0.4) is 0 Å². The third-order valence-electron chi connectivity index (χ3n) is 3.65. The van der Waals surface area contributed by atoms with Crippen LogP contribution in [-0.2, 0) is 6.54 Å². The fraction of sp³-hybridized carbons (Fsp3) is 0.412. The van der Waals surface area contributed by atoms with Gasteiger partial charge in [0.05, 0.1) is 0 Å². The molecule has 3 rings (SSSR count). The van der Waals surface area contributed by atoms with Crippen molar-refractivity contribution < 1.29 is 9.47 Å². The maximum atomic E-state index is 5.78. The number of benzene rings is 1. The molecule has 2 aromatic rings. The highest BCUT2D eigenvalue weighted by atomic mass is 32.1. The minimum atomic E-state index is 0.412. The van der Waals surface area contributed by atoms with Crippen molar-refractivity contribution >= 4 is 11.3 Å². The Hall–Kier alpha value is -1.52. The predicted molar refractivity (Wildman–Crippen MR) is 86.2 cm³/mol. The van der Waals surface area contributed by atoms with Crippen LogP contribution < -0.4 is 14.8 Å². The van der Waals surface area contributed by atoms with E-state index in [1.54, 1.807) is 0 Å². The zero-order chi connectivity index (χ0) is 14.5. The van der Waals surface area contributed by atoms with Gasteiger partial charge in [0.15, 0.2) is 11.5 Å². The summed E-state index contributed by atoms with van der Waals surface area (Å²) in [7, 11) is 0. The van der Waals surface area contributed by atoms with Crippen molar-refractivity contribution in [2.24, 2.45) is 0 Å². The molecule has 1 aromatic carbocycles. The molecular weight excluding hydrogens is 282 g/mol. The Labute approximate surface area is 129 Å². The fourth-order valence-corrected chi connectivity index (χ4v) is 3.47. The summed E-state index contributed by atoms with van der Waals surface area (Å²) in [6.07, 6.45) is 2.31. The smallest absolute Gasteiger partial charge is 0.165 e. The first-order chi connectivity index (χ1) is 10.4. The average molecular weight is 303 g/mol. The molecule has 1 aliphatic rings. The molecule has 0 saturated carbocycles. The molecule has 0 spiro atoms. The lowest BCUT2D eigenvalue weighted by Gasteiger charge is -2.22. The summed E-state index contributed by atoms with van der Waals surface area (Å²) in [6.45, 7) is 4.30. The zero-order valence-electron chi connectivity index (χ0n) is 12.3. The SMILES string of the molecule is CCCC(NCc1cccc2c1OCCO2)c1cccs1. The molecule has 3 nitrogen and oxygen atoms in total. The van der Waals surface area contributed by atoms with Crippen molar-refractivity contribution in [3.05, 3.63) is 46.2 Å². The van der Waals surface area contributed by atoms with E-state index >= 15 is 0 Å². The molecule has 0 radical (unpaired) electrons. The molecule has 0 bridgehead atoms. The first kappa shape index (κ1) is 14.4. The lowest BCUT2D eigenvalue weighted by atomic mass is 10.1. The molecule has 0 aliphatic carbocycles. The van der Waals surface area contributed by atoms with Crippen LogP contribution in [0.2, 0.25) is 0 Å². The van der Waals surface area contributed by atoms with Gasteiger partial charge in [0.1, 0.15) is 13.2 Å². The van der Waals surface area contributed by atoms with Gasteiger partial charge in [-0.05, 0) is 23.9 Å². The molecule has 0 amide bonds. The number of para-hydroxylation sites is 1. The van der Waals surface area contributed by atoms with Crippen molar-refractivity contribution in [3.8, 4) is 11.5 Å². The van der Waals surface area contributed by atoms with Gasteiger partial charge in [-0.25, -0.2) is 0 Å². The number of rotatable bonds is 6. The van der Waals surface area contributed by atoms with Gasteiger partial charge >= 0.3 is 0 Å². The summed E-state index contributed by atoms with van der Waals surface area (Å²) in [5.74, 6) is 1.77. The van der Waals surface area contributed by atoms with Crippen molar-refractivity contribution in [2.45, 2.75) is 32.4 Å². The summed E-state index contributed by atoms with van der Waals surface area (Å²) >= 11 is 1.82. The molecular formula is C17H21NO2S. The number of hydrogen-bond donors (Lipinski definition) is 1. The zero-order valence-corrected chi connectivity index (χ0v) is 13.1. The van der Waals surface area contributed by atoms with Gasteiger partial charge in [0, 0.05) is 23.0 Å². The van der Waals surface area contributed by atoms with Crippen molar-refractivity contribution in [2.75, 3.05) is 13.2 Å². The monoisotopic (exact) mass is 303 g/mol. The van der Waals surface area contributed by atoms with Gasteiger partial charge in [-0.15, -0.1) is 11.3 Å². The highest BCUT2D eigenvalue weighted by Crippen LogP contribution is 2.34. The highest BCUT2D eigenvalue weighted by molar-refractivity contribution is 7.10. The number of thiophene rings is 1. The summed E-state index contributed by atoms with van der Waals surface area (Å²) in [6, 6.07) is 10.8. The van der Waals surface area contributed by atoms with Crippen LogP contribution in [0.4, 0.5) is 0 Å². The van der Waals surface area contributed by atoms with E-state index < -0.39 is 0 Å². The lowest BCUT2D eigenvalue weighted by molar-refractivity contribution is 0.169. The van der Waals surface area contributed by atoms with Gasteiger partial charge in [-0.2, -0.15) is 0 Å². The largest absolute Gasteiger partial charge is 0.486 e. The van der Waals surface area contributed by atoms with Gasteiger partial charge in [0.25, 0.3) is 0 Å². The van der Waals surface area contributed by atoms with E-state index in [1.165, 1.54) is 16.9 Å². The minimum Gasteiger partial charge on any atom is -0.486 e. The Kier molecular flexibility index (Phi) is 4.78. The van der Waals surface area contributed by atoms with Gasteiger partial charge < -0.3 is 14.8 Å². The van der Waals surface area contributed by atoms with Crippen LogP contribution in [0.15, 0.2) is 35.7 Å². The molecule has 0 saturated heterocycles. The second-order valence-electron chi connectivity index (χ2n) is 5.18. The van der Waals surface area contributed by atoms with E-state index in [2.05, 4.69) is 35.8 Å².